The van der Waals surface area contributed by atoms with Gasteiger partial charge < -0.3 is 15.3 Å². The molecule has 0 unspecified atom stereocenters. The molecular weight excluding hydrogens is 320 g/mol. The summed E-state index contributed by atoms with van der Waals surface area (Å²) in [6.07, 6.45) is 9.61. The van der Waals surface area contributed by atoms with Crippen molar-refractivity contribution in [3.63, 3.8) is 0 Å². The van der Waals surface area contributed by atoms with Crippen LogP contribution >= 0.6 is 0 Å². The first-order valence-corrected chi connectivity index (χ1v) is 9.15. The second-order valence-corrected chi connectivity index (χ2v) is 8.08. The van der Waals surface area contributed by atoms with Crippen molar-refractivity contribution < 1.29 is 24.9 Å². The van der Waals surface area contributed by atoms with Crippen LogP contribution in [0.15, 0.2) is 23.8 Å². The van der Waals surface area contributed by atoms with Gasteiger partial charge in [0.25, 0.3) is 0 Å². The third-order valence-corrected chi connectivity index (χ3v) is 7.33. The Labute approximate surface area is 149 Å². The third kappa shape index (κ3) is 3.15. The van der Waals surface area contributed by atoms with E-state index in [1.807, 2.05) is 13.0 Å². The Morgan fingerprint density at radius 1 is 1.28 bits per heavy atom. The fourth-order valence-electron chi connectivity index (χ4n) is 5.65. The van der Waals surface area contributed by atoms with Crippen molar-refractivity contribution in [3.8, 4) is 0 Å². The number of aliphatic hydroxyl groups is 3. The van der Waals surface area contributed by atoms with Crippen molar-refractivity contribution in [2.45, 2.75) is 58.2 Å². The zero-order valence-electron chi connectivity index (χ0n) is 15.3. The van der Waals surface area contributed by atoms with Gasteiger partial charge in [-0.3, -0.25) is 0 Å². The molecule has 0 aromatic carbocycles. The lowest BCUT2D eigenvalue weighted by molar-refractivity contribution is -0.223. The summed E-state index contributed by atoms with van der Waals surface area (Å²) >= 11 is 0. The summed E-state index contributed by atoms with van der Waals surface area (Å²) < 4.78 is 0. The summed E-state index contributed by atoms with van der Waals surface area (Å²) in [6.45, 7) is 6.57. The normalized spacial score (nSPS) is 47.1. The van der Waals surface area contributed by atoms with Gasteiger partial charge in [0.2, 0.25) is 0 Å². The van der Waals surface area contributed by atoms with E-state index in [-0.39, 0.29) is 30.2 Å². The highest BCUT2D eigenvalue weighted by molar-refractivity contribution is 5.31. The van der Waals surface area contributed by atoms with Gasteiger partial charge in [-0.2, -0.15) is 9.59 Å². The predicted octanol–water partition coefficient (Wildman–Crippen LogP) is 2.08. The van der Waals surface area contributed by atoms with E-state index < -0.39 is 5.60 Å². The summed E-state index contributed by atoms with van der Waals surface area (Å²) in [7, 11) is 0. The fraction of sp³-hybridized carbons (Fsp3) is 0.750. The topological polar surface area (TPSA) is 94.8 Å². The molecule has 0 amide bonds. The summed E-state index contributed by atoms with van der Waals surface area (Å²) in [5, 5.41) is 30.9. The Kier molecular flexibility index (Phi) is 6.05. The highest BCUT2D eigenvalue weighted by atomic mass is 16.3. The Balaban J connectivity index is 0.000000701. The Hall–Kier alpha value is -1.26. The lowest BCUT2D eigenvalue weighted by Gasteiger charge is -2.62. The highest BCUT2D eigenvalue weighted by Crippen LogP contribution is 2.62. The zero-order valence-corrected chi connectivity index (χ0v) is 15.3. The number of hydrogen-bond acceptors (Lipinski definition) is 5. The van der Waals surface area contributed by atoms with Crippen LogP contribution in [0, 0.1) is 29.1 Å². The molecule has 0 heterocycles. The van der Waals surface area contributed by atoms with Crippen LogP contribution in [0.5, 0.6) is 0 Å². The zero-order chi connectivity index (χ0) is 18.8. The van der Waals surface area contributed by atoms with E-state index in [0.717, 1.165) is 25.7 Å². The second kappa shape index (κ2) is 7.55. The van der Waals surface area contributed by atoms with Gasteiger partial charge in [0, 0.05) is 11.3 Å². The Morgan fingerprint density at radius 2 is 1.92 bits per heavy atom. The summed E-state index contributed by atoms with van der Waals surface area (Å²) in [5.41, 5.74) is 0.291. The van der Waals surface area contributed by atoms with Crippen molar-refractivity contribution in [2.75, 3.05) is 6.61 Å². The number of aliphatic hydroxyl groups excluding tert-OH is 2. The Bertz CT molecular complexity index is 577. The Morgan fingerprint density at radius 3 is 2.52 bits per heavy atom. The van der Waals surface area contributed by atoms with Crippen molar-refractivity contribution >= 4 is 6.15 Å². The molecule has 5 heteroatoms. The maximum atomic E-state index is 11.4. The average Bonchev–Trinajstić information content (AvgIpc) is 2.58. The van der Waals surface area contributed by atoms with Crippen LogP contribution in [0.1, 0.15) is 46.5 Å². The lowest BCUT2D eigenvalue weighted by Crippen LogP contribution is -2.64. The number of rotatable bonds is 1. The average molecular weight is 350 g/mol. The standard InChI is InChI=1S/C19H30O3.CO2/c1-12-14(8-11-20)4-5-16-15(12)6-10-19(22)13(2)17(21)7-9-18(16,19)3;2-1-3/h4-5,8,12-13,15-17,20-22H,6-7,9-11H2,1-3H3;/b14-8-;/t12-,13+,15-,16-,17+,18+,19+;/m0./s1. The molecule has 0 bridgehead atoms. The molecule has 0 radical (unpaired) electrons. The van der Waals surface area contributed by atoms with Crippen molar-refractivity contribution in [3.05, 3.63) is 23.8 Å². The fourth-order valence-corrected chi connectivity index (χ4v) is 5.65. The molecular formula is C20H30O5. The van der Waals surface area contributed by atoms with E-state index in [1.165, 1.54) is 5.57 Å². The first-order valence-electron chi connectivity index (χ1n) is 9.15. The lowest BCUT2D eigenvalue weighted by atomic mass is 9.45. The van der Waals surface area contributed by atoms with Gasteiger partial charge in [0.15, 0.2) is 0 Å². The molecule has 140 valence electrons. The first kappa shape index (κ1) is 20.1. The van der Waals surface area contributed by atoms with E-state index in [4.69, 9.17) is 9.59 Å². The molecule has 3 aliphatic carbocycles. The molecule has 0 saturated heterocycles. The first-order chi connectivity index (χ1) is 11.8. The van der Waals surface area contributed by atoms with Gasteiger partial charge in [-0.15, -0.1) is 0 Å². The van der Waals surface area contributed by atoms with Crippen molar-refractivity contribution in [1.29, 1.82) is 0 Å². The number of hydrogen-bond donors (Lipinski definition) is 3. The molecule has 7 atom stereocenters. The minimum atomic E-state index is -0.770. The van der Waals surface area contributed by atoms with Gasteiger partial charge >= 0.3 is 6.15 Å². The van der Waals surface area contributed by atoms with Crippen molar-refractivity contribution in [2.24, 2.45) is 29.1 Å². The van der Waals surface area contributed by atoms with Crippen LogP contribution in [0.2, 0.25) is 0 Å². The number of carbonyl (C=O) groups excluding carboxylic acids is 2. The highest BCUT2D eigenvalue weighted by Gasteiger charge is 2.62. The number of allylic oxidation sites excluding steroid dienone is 3. The van der Waals surface area contributed by atoms with Crippen molar-refractivity contribution in [1.82, 2.24) is 0 Å². The van der Waals surface area contributed by atoms with E-state index >= 15 is 0 Å². The minimum Gasteiger partial charge on any atom is -0.393 e. The van der Waals surface area contributed by atoms with E-state index in [9.17, 15) is 15.3 Å². The smallest absolute Gasteiger partial charge is 0.373 e. The van der Waals surface area contributed by atoms with Crippen LogP contribution in [0.25, 0.3) is 0 Å². The summed E-state index contributed by atoms with van der Waals surface area (Å²) in [5.74, 6) is 1.23. The largest absolute Gasteiger partial charge is 0.393 e. The molecule has 3 rings (SSSR count). The molecule has 2 saturated carbocycles. The van der Waals surface area contributed by atoms with Crippen LogP contribution in [0.4, 0.5) is 0 Å². The van der Waals surface area contributed by atoms with Gasteiger partial charge in [0.05, 0.1) is 18.3 Å². The molecule has 5 nitrogen and oxygen atoms in total. The van der Waals surface area contributed by atoms with Crippen LogP contribution in [-0.4, -0.2) is 39.8 Å². The number of fused-ring (bicyclic) bond motifs is 3. The summed E-state index contributed by atoms with van der Waals surface area (Å²) in [4.78, 5) is 16.2. The predicted molar refractivity (Wildman–Crippen MR) is 92.2 cm³/mol. The van der Waals surface area contributed by atoms with Gasteiger partial charge in [-0.25, -0.2) is 0 Å². The van der Waals surface area contributed by atoms with Crippen LogP contribution in [-0.2, 0) is 9.59 Å². The van der Waals surface area contributed by atoms with Gasteiger partial charge in [-0.05, 0) is 49.0 Å². The molecule has 0 aromatic rings. The molecule has 3 N–H and O–H groups in total. The summed E-state index contributed by atoms with van der Waals surface area (Å²) in [6, 6.07) is 0. The quantitative estimate of drug-likeness (QED) is 0.673. The van der Waals surface area contributed by atoms with E-state index in [2.05, 4.69) is 26.0 Å². The molecule has 25 heavy (non-hydrogen) atoms. The molecule has 2 fully saturated rings. The monoisotopic (exact) mass is 350 g/mol. The third-order valence-electron chi connectivity index (χ3n) is 7.33. The molecule has 3 aliphatic rings. The van der Waals surface area contributed by atoms with E-state index in [1.54, 1.807) is 0 Å². The van der Waals surface area contributed by atoms with Gasteiger partial charge in [0.1, 0.15) is 0 Å². The molecule has 0 spiro atoms. The maximum absolute atomic E-state index is 11.4. The van der Waals surface area contributed by atoms with Crippen LogP contribution < -0.4 is 0 Å². The SMILES string of the molecule is C[C@@H]1[C@H](O)CC[C@]2(C)[C@H]3C=C/C(=C/CO)[C@H](C)[C@@H]3CC[C@@]12O.O=C=O. The van der Waals surface area contributed by atoms with Crippen LogP contribution in [0.3, 0.4) is 0 Å². The second-order valence-electron chi connectivity index (χ2n) is 8.08. The molecule has 0 aromatic heterocycles. The maximum Gasteiger partial charge on any atom is 0.373 e. The molecule has 0 aliphatic heterocycles. The van der Waals surface area contributed by atoms with E-state index in [0.29, 0.717) is 17.8 Å². The minimum absolute atomic E-state index is 0.0645. The van der Waals surface area contributed by atoms with Gasteiger partial charge in [-0.1, -0.05) is 39.0 Å².